The van der Waals surface area contributed by atoms with Crippen LogP contribution in [0.3, 0.4) is 0 Å². The van der Waals surface area contributed by atoms with Crippen molar-refractivity contribution in [2.75, 3.05) is 6.54 Å². The maximum Gasteiger partial charge on any atom is 0.220 e. The van der Waals surface area contributed by atoms with Crippen LogP contribution in [0.2, 0.25) is 0 Å². The second-order valence-electron chi connectivity index (χ2n) is 8.38. The molecule has 2 aliphatic rings. The summed E-state index contributed by atoms with van der Waals surface area (Å²) in [7, 11) is 0. The highest BCUT2D eigenvalue weighted by molar-refractivity contribution is 5.77. The predicted octanol–water partition coefficient (Wildman–Crippen LogP) is 7.15. The lowest BCUT2D eigenvalue weighted by Crippen LogP contribution is -2.26. The molecule has 0 aromatic heterocycles. The predicted molar refractivity (Wildman–Crippen MR) is 136 cm³/mol. The quantitative estimate of drug-likeness (QED) is 0.400. The number of hydrogen-bond acceptors (Lipinski definition) is 4. The van der Waals surface area contributed by atoms with E-state index in [1.54, 1.807) is 5.48 Å². The Labute approximate surface area is 195 Å². The van der Waals surface area contributed by atoms with Crippen LogP contribution < -0.4 is 11.2 Å². The van der Waals surface area contributed by atoms with Crippen molar-refractivity contribution in [2.45, 2.75) is 127 Å². The highest BCUT2D eigenvalue weighted by Gasteiger charge is 2.33. The Morgan fingerprint density at radius 1 is 0.935 bits per heavy atom. The number of carbonyl (C=O) groups excluding carboxylic acids is 2. The number of nitrogens with one attached hydrogen (secondary N) is 1. The molecule has 0 aliphatic heterocycles. The monoisotopic (exact) mass is 446 g/mol. The number of amides is 1. The number of carbonyl (C=O) groups is 2. The number of hydroxylamine groups is 1. The van der Waals surface area contributed by atoms with E-state index in [2.05, 4.69) is 34.6 Å². The molecule has 1 amide bonds. The molecule has 1 unspecified atom stereocenters. The fourth-order valence-electron chi connectivity index (χ4n) is 2.94. The van der Waals surface area contributed by atoms with E-state index in [9.17, 15) is 9.59 Å². The molecule has 5 heteroatoms. The van der Waals surface area contributed by atoms with Crippen molar-refractivity contribution in [3.05, 3.63) is 0 Å². The van der Waals surface area contributed by atoms with Crippen LogP contribution >= 0.6 is 0 Å². The molecule has 2 rings (SSSR count). The van der Waals surface area contributed by atoms with Crippen LogP contribution in [-0.4, -0.2) is 23.4 Å². The fraction of sp³-hybridized carbons (Fsp3) is 0.923. The number of primary amides is 1. The lowest BCUT2D eigenvalue weighted by Gasteiger charge is -2.13. The Morgan fingerprint density at radius 3 is 1.39 bits per heavy atom. The van der Waals surface area contributed by atoms with Crippen LogP contribution in [0.25, 0.3) is 0 Å². The zero-order valence-corrected chi connectivity index (χ0v) is 22.7. The van der Waals surface area contributed by atoms with Gasteiger partial charge in [-0.05, 0) is 37.5 Å². The maximum absolute atomic E-state index is 10.8. The third-order valence-electron chi connectivity index (χ3n) is 5.48. The van der Waals surface area contributed by atoms with Crippen LogP contribution in [-0.2, 0) is 9.59 Å². The molecule has 0 spiro atoms. The molecule has 2 fully saturated rings. The van der Waals surface area contributed by atoms with E-state index in [0.29, 0.717) is 11.8 Å². The van der Waals surface area contributed by atoms with Gasteiger partial charge in [0, 0.05) is 5.92 Å². The molecule has 0 aromatic carbocycles. The molecule has 0 saturated heterocycles. The van der Waals surface area contributed by atoms with Gasteiger partial charge in [0.15, 0.2) is 0 Å². The first-order valence-electron chi connectivity index (χ1n) is 12.8. The molecule has 2 saturated carbocycles. The van der Waals surface area contributed by atoms with Crippen molar-refractivity contribution in [1.82, 2.24) is 5.48 Å². The molecule has 190 valence electrons. The Kier molecular flexibility index (Phi) is 35.0. The number of rotatable bonds is 4. The first kappa shape index (κ1) is 37.4. The summed E-state index contributed by atoms with van der Waals surface area (Å²) in [6, 6.07) is 0. The van der Waals surface area contributed by atoms with E-state index >= 15 is 0 Å². The SMILES string of the molecule is C1CCCCC1.CC.CC.CC(=O)CNO.CC1[C@@H](C)CC[C@H]1C(N)=O.CCC(C)C. The molecule has 3 atom stereocenters. The topological polar surface area (TPSA) is 92.4 Å². The van der Waals surface area contributed by atoms with Crippen molar-refractivity contribution in [1.29, 1.82) is 0 Å². The summed E-state index contributed by atoms with van der Waals surface area (Å²) in [4.78, 5) is 20.6. The average molecular weight is 447 g/mol. The van der Waals surface area contributed by atoms with Crippen LogP contribution in [0, 0.1) is 23.7 Å². The summed E-state index contributed by atoms with van der Waals surface area (Å²) >= 11 is 0. The summed E-state index contributed by atoms with van der Waals surface area (Å²) in [5.41, 5.74) is 6.93. The van der Waals surface area contributed by atoms with Gasteiger partial charge in [-0.1, -0.05) is 107 Å². The molecule has 31 heavy (non-hydrogen) atoms. The van der Waals surface area contributed by atoms with Crippen molar-refractivity contribution >= 4 is 11.7 Å². The van der Waals surface area contributed by atoms with Gasteiger partial charge in [0.25, 0.3) is 0 Å². The number of hydrogen-bond donors (Lipinski definition) is 3. The molecular weight excluding hydrogens is 388 g/mol. The summed E-state index contributed by atoms with van der Waals surface area (Å²) in [6.45, 7) is 20.4. The minimum absolute atomic E-state index is 0.0417. The molecule has 4 N–H and O–H groups in total. The largest absolute Gasteiger partial charge is 0.369 e. The Morgan fingerprint density at radius 2 is 1.29 bits per heavy atom. The second kappa shape index (κ2) is 29.1. The normalized spacial score (nSPS) is 21.1. The van der Waals surface area contributed by atoms with E-state index in [1.165, 1.54) is 51.9 Å². The van der Waals surface area contributed by atoms with E-state index in [-0.39, 0.29) is 24.2 Å². The first-order valence-corrected chi connectivity index (χ1v) is 12.8. The highest BCUT2D eigenvalue weighted by Crippen LogP contribution is 2.35. The average Bonchev–Trinajstić information content (AvgIpc) is 3.12. The molecular formula is C26H58N2O3. The third-order valence-corrected chi connectivity index (χ3v) is 5.48. The van der Waals surface area contributed by atoms with Crippen molar-refractivity contribution in [3.63, 3.8) is 0 Å². The number of ketones is 1. The van der Waals surface area contributed by atoms with Gasteiger partial charge in [-0.3, -0.25) is 9.59 Å². The highest BCUT2D eigenvalue weighted by atomic mass is 16.5. The summed E-state index contributed by atoms with van der Waals surface area (Å²) in [5, 5.41) is 7.77. The van der Waals surface area contributed by atoms with Crippen molar-refractivity contribution in [2.24, 2.45) is 29.4 Å². The van der Waals surface area contributed by atoms with Crippen LogP contribution in [0.4, 0.5) is 0 Å². The Balaban J connectivity index is -0.000000154. The van der Waals surface area contributed by atoms with Crippen LogP contribution in [0.15, 0.2) is 0 Å². The second-order valence-corrected chi connectivity index (χ2v) is 8.38. The smallest absolute Gasteiger partial charge is 0.220 e. The van der Waals surface area contributed by atoms with E-state index in [4.69, 9.17) is 10.9 Å². The van der Waals surface area contributed by atoms with E-state index in [0.717, 1.165) is 18.8 Å². The molecule has 5 nitrogen and oxygen atoms in total. The Bertz CT molecular complexity index is 358. The summed E-state index contributed by atoms with van der Waals surface area (Å²) in [6.07, 6.45) is 12.5. The van der Waals surface area contributed by atoms with Gasteiger partial charge in [0.1, 0.15) is 5.78 Å². The lowest BCUT2D eigenvalue weighted by atomic mass is 9.92. The zero-order chi connectivity index (χ0) is 25.2. The first-order chi connectivity index (χ1) is 14.7. The van der Waals surface area contributed by atoms with Gasteiger partial charge >= 0.3 is 0 Å². The zero-order valence-electron chi connectivity index (χ0n) is 22.7. The van der Waals surface area contributed by atoms with Crippen molar-refractivity contribution < 1.29 is 14.8 Å². The van der Waals surface area contributed by atoms with E-state index in [1.807, 2.05) is 27.7 Å². The molecule has 0 bridgehead atoms. The van der Waals surface area contributed by atoms with Crippen LogP contribution in [0.1, 0.15) is 127 Å². The van der Waals surface area contributed by atoms with Gasteiger partial charge in [0.2, 0.25) is 5.91 Å². The maximum atomic E-state index is 10.8. The number of Topliss-reactive ketones (excluding diaryl/α,β-unsaturated/α-hetero) is 1. The Hall–Kier alpha value is -0.940. The molecule has 0 aromatic rings. The van der Waals surface area contributed by atoms with Gasteiger partial charge in [-0.2, -0.15) is 5.48 Å². The van der Waals surface area contributed by atoms with E-state index < -0.39 is 0 Å². The van der Waals surface area contributed by atoms with Gasteiger partial charge in [-0.25, -0.2) is 0 Å². The standard InChI is InChI=1S/C8H15NO.C6H12.C5H12.C3H7NO2.2C2H6/c1-5-3-4-7(6(5)2)8(9)10;1-2-4-6-5-3-1;1-4-5(2)3;1-3(5)2-4-6;2*1-2/h5-7H,3-4H2,1-2H3,(H2,9,10);1-6H2;5H,4H2,1-3H3;4,6H,2H2,1H3;2*1-2H3/t5-,6?,7+;;;;;/m0...../s1. The number of nitrogens with two attached hydrogens (primary N) is 1. The van der Waals surface area contributed by atoms with Gasteiger partial charge < -0.3 is 10.9 Å². The molecule has 2 aliphatic carbocycles. The van der Waals surface area contributed by atoms with Gasteiger partial charge in [-0.15, -0.1) is 0 Å². The minimum Gasteiger partial charge on any atom is -0.369 e. The van der Waals surface area contributed by atoms with Gasteiger partial charge in [0.05, 0.1) is 6.54 Å². The third kappa shape index (κ3) is 29.1. The molecule has 0 heterocycles. The van der Waals surface area contributed by atoms with Crippen molar-refractivity contribution in [3.8, 4) is 0 Å². The lowest BCUT2D eigenvalue weighted by molar-refractivity contribution is -0.122. The minimum atomic E-state index is -0.114. The summed E-state index contributed by atoms with van der Waals surface area (Å²) < 4.78 is 0. The van der Waals surface area contributed by atoms with Crippen LogP contribution in [0.5, 0.6) is 0 Å². The molecule has 0 radical (unpaired) electrons. The summed E-state index contributed by atoms with van der Waals surface area (Å²) in [5.74, 6) is 2.02. The fourth-order valence-corrected chi connectivity index (χ4v) is 2.94.